The Morgan fingerprint density at radius 3 is 2.00 bits per heavy atom. The Morgan fingerprint density at radius 1 is 0.895 bits per heavy atom. The van der Waals surface area contributed by atoms with Crippen molar-refractivity contribution in [2.45, 2.75) is 6.36 Å². The topological polar surface area (TPSA) is 31.4 Å². The average Bonchev–Trinajstić information content (AvgIpc) is 2.33. The summed E-state index contributed by atoms with van der Waals surface area (Å²) in [4.78, 5) is 3.96. The molecule has 2 rings (SSSR count). The molecule has 3 nitrogen and oxygen atoms in total. The van der Waals surface area contributed by atoms with E-state index in [-0.39, 0.29) is 5.75 Å². The summed E-state index contributed by atoms with van der Waals surface area (Å²) in [6, 6.07) is 8.48. The number of rotatable bonds is 3. The minimum atomic E-state index is -4.70. The predicted molar refractivity (Wildman–Crippen MR) is 65.1 cm³/mol. The van der Waals surface area contributed by atoms with E-state index in [1.54, 1.807) is 12.1 Å². The van der Waals surface area contributed by atoms with E-state index >= 15 is 0 Å². The minimum absolute atomic E-state index is 0.297. The lowest BCUT2D eigenvalue weighted by atomic mass is 10.3. The Balaban J connectivity index is 2.04. The highest BCUT2D eigenvalue weighted by molar-refractivity contribution is 9.10. The summed E-state index contributed by atoms with van der Waals surface area (Å²) < 4.78 is 45.7. The number of benzene rings is 1. The molecule has 0 aliphatic heterocycles. The van der Waals surface area contributed by atoms with Gasteiger partial charge in [0.25, 0.3) is 0 Å². The molecule has 1 aromatic heterocycles. The second-order valence-corrected chi connectivity index (χ2v) is 4.25. The van der Waals surface area contributed by atoms with Gasteiger partial charge in [-0.1, -0.05) is 0 Å². The van der Waals surface area contributed by atoms with Crippen molar-refractivity contribution < 1.29 is 22.6 Å². The van der Waals surface area contributed by atoms with Crippen molar-refractivity contribution in [1.82, 2.24) is 4.98 Å². The third-order valence-electron chi connectivity index (χ3n) is 1.99. The van der Waals surface area contributed by atoms with Crippen molar-refractivity contribution in [2.24, 2.45) is 0 Å². The number of aromatic nitrogens is 1. The van der Waals surface area contributed by atoms with E-state index in [1.165, 1.54) is 30.5 Å². The molecule has 0 bridgehead atoms. The van der Waals surface area contributed by atoms with Crippen LogP contribution in [0, 0.1) is 0 Å². The van der Waals surface area contributed by atoms with Crippen LogP contribution in [0.3, 0.4) is 0 Å². The molecule has 0 N–H and O–H groups in total. The molecule has 1 aromatic carbocycles. The monoisotopic (exact) mass is 333 g/mol. The van der Waals surface area contributed by atoms with Crippen molar-refractivity contribution in [3.05, 3.63) is 47.2 Å². The van der Waals surface area contributed by atoms with Gasteiger partial charge in [-0.2, -0.15) is 0 Å². The highest BCUT2D eigenvalue weighted by Crippen LogP contribution is 2.27. The molecule has 2 aromatic rings. The molecular formula is C12H7BrF3NO2. The molecule has 0 unspecified atom stereocenters. The van der Waals surface area contributed by atoms with Crippen LogP contribution in [-0.4, -0.2) is 11.3 Å². The molecule has 19 heavy (non-hydrogen) atoms. The fraction of sp³-hybridized carbons (Fsp3) is 0.0833. The summed E-state index contributed by atoms with van der Waals surface area (Å²) in [5, 5.41) is 0. The molecule has 0 spiro atoms. The Bertz CT molecular complexity index is 540. The van der Waals surface area contributed by atoms with Gasteiger partial charge in [-0.25, -0.2) is 4.98 Å². The zero-order valence-corrected chi connectivity index (χ0v) is 10.9. The number of ether oxygens (including phenoxy) is 2. The van der Waals surface area contributed by atoms with Gasteiger partial charge in [0.1, 0.15) is 21.9 Å². The molecule has 0 atom stereocenters. The first-order valence-electron chi connectivity index (χ1n) is 5.07. The van der Waals surface area contributed by atoms with Crippen LogP contribution in [-0.2, 0) is 0 Å². The van der Waals surface area contributed by atoms with Gasteiger partial charge in [0.15, 0.2) is 0 Å². The largest absolute Gasteiger partial charge is 0.573 e. The summed E-state index contributed by atoms with van der Waals surface area (Å²) in [5.74, 6) is 0.570. The molecule has 100 valence electrons. The first-order chi connectivity index (χ1) is 8.92. The smallest absolute Gasteiger partial charge is 0.456 e. The van der Waals surface area contributed by atoms with Crippen LogP contribution in [0.5, 0.6) is 17.2 Å². The van der Waals surface area contributed by atoms with Gasteiger partial charge in [-0.15, -0.1) is 13.2 Å². The van der Waals surface area contributed by atoms with Gasteiger partial charge < -0.3 is 9.47 Å². The number of alkyl halides is 3. The van der Waals surface area contributed by atoms with Crippen molar-refractivity contribution >= 4 is 15.9 Å². The van der Waals surface area contributed by atoms with E-state index in [0.717, 1.165) is 0 Å². The SMILES string of the molecule is FC(F)(F)Oc1ccc(Oc2ccc(Br)nc2)cc1. The highest BCUT2D eigenvalue weighted by atomic mass is 79.9. The lowest BCUT2D eigenvalue weighted by Crippen LogP contribution is -2.16. The Kier molecular flexibility index (Phi) is 3.94. The van der Waals surface area contributed by atoms with Crippen molar-refractivity contribution in [3.63, 3.8) is 0 Å². The van der Waals surface area contributed by atoms with Crippen LogP contribution >= 0.6 is 15.9 Å². The Hall–Kier alpha value is -1.76. The van der Waals surface area contributed by atoms with Crippen LogP contribution in [0.15, 0.2) is 47.2 Å². The summed E-state index contributed by atoms with van der Waals surface area (Å²) in [7, 11) is 0. The number of hydrogen-bond acceptors (Lipinski definition) is 3. The summed E-state index contributed by atoms with van der Waals surface area (Å²) in [6.07, 6.45) is -3.21. The maximum absolute atomic E-state index is 12.0. The van der Waals surface area contributed by atoms with Crippen LogP contribution in [0.25, 0.3) is 0 Å². The normalized spacial score (nSPS) is 11.2. The Morgan fingerprint density at radius 2 is 1.47 bits per heavy atom. The summed E-state index contributed by atoms with van der Waals surface area (Å²) >= 11 is 3.18. The first kappa shape index (κ1) is 13.7. The van der Waals surface area contributed by atoms with Gasteiger partial charge in [-0.3, -0.25) is 0 Å². The van der Waals surface area contributed by atoms with Gasteiger partial charge >= 0.3 is 6.36 Å². The van der Waals surface area contributed by atoms with Crippen molar-refractivity contribution in [3.8, 4) is 17.2 Å². The van der Waals surface area contributed by atoms with Crippen LogP contribution < -0.4 is 9.47 Å². The fourth-order valence-corrected chi connectivity index (χ4v) is 1.50. The molecule has 0 radical (unpaired) electrons. The standard InChI is InChI=1S/C12H7BrF3NO2/c13-11-6-5-10(7-17-11)18-8-1-3-9(4-2-8)19-12(14,15)16/h1-7H. The van der Waals surface area contributed by atoms with Crippen LogP contribution in [0.4, 0.5) is 13.2 Å². The maximum atomic E-state index is 12.0. The van der Waals surface area contributed by atoms with Crippen molar-refractivity contribution in [2.75, 3.05) is 0 Å². The lowest BCUT2D eigenvalue weighted by Gasteiger charge is -2.09. The molecule has 1 heterocycles. The molecule has 0 amide bonds. The van der Waals surface area contributed by atoms with E-state index in [1.807, 2.05) is 0 Å². The third kappa shape index (κ3) is 4.44. The second kappa shape index (κ2) is 5.48. The molecule has 0 fully saturated rings. The molecular weight excluding hydrogens is 327 g/mol. The molecule has 0 saturated carbocycles. The van der Waals surface area contributed by atoms with Crippen LogP contribution in [0.1, 0.15) is 0 Å². The fourth-order valence-electron chi connectivity index (χ4n) is 1.27. The van der Waals surface area contributed by atoms with E-state index in [4.69, 9.17) is 4.74 Å². The van der Waals surface area contributed by atoms with Crippen LogP contribution in [0.2, 0.25) is 0 Å². The van der Waals surface area contributed by atoms with Gasteiger partial charge in [0.05, 0.1) is 6.20 Å². The molecule has 0 aliphatic carbocycles. The summed E-state index contributed by atoms with van der Waals surface area (Å²) in [5.41, 5.74) is 0. The molecule has 0 saturated heterocycles. The van der Waals surface area contributed by atoms with E-state index < -0.39 is 6.36 Å². The van der Waals surface area contributed by atoms with Crippen molar-refractivity contribution in [1.29, 1.82) is 0 Å². The van der Waals surface area contributed by atoms with Gasteiger partial charge in [0, 0.05) is 0 Å². The average molecular weight is 334 g/mol. The zero-order chi connectivity index (χ0) is 13.9. The number of hydrogen-bond donors (Lipinski definition) is 0. The minimum Gasteiger partial charge on any atom is -0.456 e. The second-order valence-electron chi connectivity index (χ2n) is 3.44. The highest BCUT2D eigenvalue weighted by Gasteiger charge is 2.30. The number of nitrogens with zero attached hydrogens (tertiary/aromatic N) is 1. The first-order valence-corrected chi connectivity index (χ1v) is 5.87. The van der Waals surface area contributed by atoms with Gasteiger partial charge in [-0.05, 0) is 52.3 Å². The lowest BCUT2D eigenvalue weighted by molar-refractivity contribution is -0.274. The number of pyridine rings is 1. The van der Waals surface area contributed by atoms with Gasteiger partial charge in [0.2, 0.25) is 0 Å². The van der Waals surface area contributed by atoms with E-state index in [0.29, 0.717) is 16.1 Å². The molecule has 0 aliphatic rings. The van der Waals surface area contributed by atoms with E-state index in [2.05, 4.69) is 25.7 Å². The quantitative estimate of drug-likeness (QED) is 0.773. The Labute approximate surface area is 115 Å². The molecule has 7 heteroatoms. The van der Waals surface area contributed by atoms with E-state index in [9.17, 15) is 13.2 Å². The third-order valence-corrected chi connectivity index (χ3v) is 2.46. The zero-order valence-electron chi connectivity index (χ0n) is 9.32. The maximum Gasteiger partial charge on any atom is 0.573 e. The summed E-state index contributed by atoms with van der Waals surface area (Å²) in [6.45, 7) is 0. The predicted octanol–water partition coefficient (Wildman–Crippen LogP) is 4.54. The number of halogens is 4.